The zero-order valence-corrected chi connectivity index (χ0v) is 11.1. The molecule has 0 radical (unpaired) electrons. The van der Waals surface area contributed by atoms with Crippen LogP contribution in [-0.2, 0) is 4.79 Å². The first-order valence-corrected chi connectivity index (χ1v) is 6.10. The summed E-state index contributed by atoms with van der Waals surface area (Å²) in [5.41, 5.74) is 4.73. The molecule has 0 heterocycles. The van der Waals surface area contributed by atoms with Crippen molar-refractivity contribution in [1.82, 2.24) is 4.90 Å². The fraction of sp³-hybridized carbons (Fsp3) is 0.833. The molecule has 0 aliphatic heterocycles. The van der Waals surface area contributed by atoms with Crippen LogP contribution in [0.2, 0.25) is 0 Å². The summed E-state index contributed by atoms with van der Waals surface area (Å²) in [5, 5.41) is 11.8. The Hall–Kier alpha value is -1.26. The van der Waals surface area contributed by atoms with E-state index >= 15 is 0 Å². The number of oxime groups is 1. The third-order valence-electron chi connectivity index (χ3n) is 3.98. The van der Waals surface area contributed by atoms with E-state index in [-0.39, 0.29) is 11.7 Å². The Morgan fingerprint density at radius 1 is 1.65 bits per heavy atom. The summed E-state index contributed by atoms with van der Waals surface area (Å²) in [6, 6.07) is 0. The van der Waals surface area contributed by atoms with Crippen LogP contribution in [0.3, 0.4) is 0 Å². The van der Waals surface area contributed by atoms with E-state index in [1.165, 1.54) is 6.42 Å². The van der Waals surface area contributed by atoms with Gasteiger partial charge in [-0.2, -0.15) is 0 Å². The standard InChI is InChI=1S/C12H23N3O2/c1-5-12(3,10(13)14-17)11(16)15(4)7-9-6-8(9)2/h8-9,17H,5-7H2,1-4H3,(H2,13,14). The van der Waals surface area contributed by atoms with E-state index in [1.54, 1.807) is 18.9 Å². The van der Waals surface area contributed by atoms with Crippen molar-refractivity contribution in [2.75, 3.05) is 13.6 Å². The molecule has 17 heavy (non-hydrogen) atoms. The molecule has 1 aliphatic rings. The van der Waals surface area contributed by atoms with Crippen molar-refractivity contribution < 1.29 is 10.0 Å². The maximum atomic E-state index is 12.3. The molecule has 1 saturated carbocycles. The van der Waals surface area contributed by atoms with E-state index in [4.69, 9.17) is 10.9 Å². The van der Waals surface area contributed by atoms with Crippen LogP contribution in [0.4, 0.5) is 0 Å². The molecule has 0 aromatic carbocycles. The van der Waals surface area contributed by atoms with Gasteiger partial charge in [-0.15, -0.1) is 0 Å². The van der Waals surface area contributed by atoms with Gasteiger partial charge in [0, 0.05) is 13.6 Å². The lowest BCUT2D eigenvalue weighted by Crippen LogP contribution is -2.48. The maximum Gasteiger partial charge on any atom is 0.235 e. The Labute approximate surface area is 103 Å². The van der Waals surface area contributed by atoms with Crippen molar-refractivity contribution >= 4 is 11.7 Å². The average Bonchev–Trinajstić information content (AvgIpc) is 3.01. The van der Waals surface area contributed by atoms with Crippen LogP contribution in [0.25, 0.3) is 0 Å². The minimum Gasteiger partial charge on any atom is -0.409 e. The Balaban J connectivity index is 2.71. The van der Waals surface area contributed by atoms with Crippen LogP contribution < -0.4 is 5.73 Å². The zero-order valence-electron chi connectivity index (χ0n) is 11.1. The van der Waals surface area contributed by atoms with Crippen LogP contribution in [-0.4, -0.2) is 35.4 Å². The van der Waals surface area contributed by atoms with Crippen molar-refractivity contribution in [3.63, 3.8) is 0 Å². The van der Waals surface area contributed by atoms with Crippen molar-refractivity contribution in [3.8, 4) is 0 Å². The lowest BCUT2D eigenvalue weighted by molar-refractivity contribution is -0.136. The molecule has 3 N–H and O–H groups in total. The number of carbonyl (C=O) groups excluding carboxylic acids is 1. The second kappa shape index (κ2) is 4.94. The molecule has 98 valence electrons. The second-order valence-corrected chi connectivity index (χ2v) is 5.33. The Kier molecular flexibility index (Phi) is 4.01. The normalized spacial score (nSPS) is 27.4. The number of hydrogen-bond acceptors (Lipinski definition) is 3. The molecule has 5 heteroatoms. The van der Waals surface area contributed by atoms with E-state index in [1.807, 2.05) is 6.92 Å². The van der Waals surface area contributed by atoms with Gasteiger partial charge in [-0.3, -0.25) is 4.79 Å². The molecule has 3 atom stereocenters. The molecular formula is C12H23N3O2. The highest BCUT2D eigenvalue weighted by Crippen LogP contribution is 2.38. The third-order valence-corrected chi connectivity index (χ3v) is 3.98. The quantitative estimate of drug-likeness (QED) is 0.329. The molecule has 0 aromatic heterocycles. The number of nitrogens with zero attached hydrogens (tertiary/aromatic N) is 2. The third kappa shape index (κ3) is 2.70. The SMILES string of the molecule is CCC(C)(C(=O)N(C)CC1CC1C)C(N)=NO. The van der Waals surface area contributed by atoms with Gasteiger partial charge in [0.15, 0.2) is 5.84 Å². The van der Waals surface area contributed by atoms with E-state index in [9.17, 15) is 4.79 Å². The first kappa shape index (κ1) is 13.8. The summed E-state index contributed by atoms with van der Waals surface area (Å²) in [6.07, 6.45) is 1.70. The van der Waals surface area contributed by atoms with Gasteiger partial charge in [0.2, 0.25) is 5.91 Å². The van der Waals surface area contributed by atoms with Gasteiger partial charge in [-0.1, -0.05) is 19.0 Å². The monoisotopic (exact) mass is 241 g/mol. The maximum absolute atomic E-state index is 12.3. The van der Waals surface area contributed by atoms with E-state index in [0.717, 1.165) is 6.54 Å². The number of carbonyl (C=O) groups is 1. The van der Waals surface area contributed by atoms with E-state index in [2.05, 4.69) is 12.1 Å². The highest BCUT2D eigenvalue weighted by atomic mass is 16.4. The van der Waals surface area contributed by atoms with Gasteiger partial charge >= 0.3 is 0 Å². The predicted octanol–water partition coefficient (Wildman–Crippen LogP) is 1.26. The van der Waals surface area contributed by atoms with Crippen molar-refractivity contribution in [1.29, 1.82) is 0 Å². The minimum absolute atomic E-state index is 0.0132. The van der Waals surface area contributed by atoms with Crippen LogP contribution >= 0.6 is 0 Å². The molecule has 1 rings (SSSR count). The van der Waals surface area contributed by atoms with E-state index in [0.29, 0.717) is 18.3 Å². The summed E-state index contributed by atoms with van der Waals surface area (Å²) < 4.78 is 0. The van der Waals surface area contributed by atoms with Crippen molar-refractivity contribution in [2.45, 2.75) is 33.6 Å². The highest BCUT2D eigenvalue weighted by Gasteiger charge is 2.41. The fourth-order valence-electron chi connectivity index (χ4n) is 2.06. The number of nitrogens with two attached hydrogens (primary N) is 1. The van der Waals surface area contributed by atoms with Gasteiger partial charge in [0.05, 0.1) is 0 Å². The van der Waals surface area contributed by atoms with Gasteiger partial charge in [-0.05, 0) is 31.6 Å². The zero-order chi connectivity index (χ0) is 13.2. The van der Waals surface area contributed by atoms with Crippen LogP contribution in [0.1, 0.15) is 33.6 Å². The minimum atomic E-state index is -0.901. The Morgan fingerprint density at radius 2 is 2.18 bits per heavy atom. The topological polar surface area (TPSA) is 78.9 Å². The summed E-state index contributed by atoms with van der Waals surface area (Å²) in [4.78, 5) is 14.0. The molecule has 0 spiro atoms. The first-order valence-electron chi connectivity index (χ1n) is 6.10. The molecule has 1 aliphatic carbocycles. The molecule has 0 bridgehead atoms. The number of amidine groups is 1. The number of rotatable bonds is 5. The molecule has 0 saturated heterocycles. The van der Waals surface area contributed by atoms with Gasteiger partial charge < -0.3 is 15.8 Å². The molecule has 3 unspecified atom stereocenters. The predicted molar refractivity (Wildman–Crippen MR) is 66.7 cm³/mol. The fourth-order valence-corrected chi connectivity index (χ4v) is 2.06. The molecule has 1 fully saturated rings. The lowest BCUT2D eigenvalue weighted by atomic mass is 9.84. The van der Waals surface area contributed by atoms with Crippen LogP contribution in [0, 0.1) is 17.3 Å². The summed E-state index contributed by atoms with van der Waals surface area (Å²) >= 11 is 0. The number of amides is 1. The highest BCUT2D eigenvalue weighted by molar-refractivity contribution is 6.06. The summed E-state index contributed by atoms with van der Waals surface area (Å²) in [7, 11) is 1.78. The molecule has 5 nitrogen and oxygen atoms in total. The largest absolute Gasteiger partial charge is 0.409 e. The number of hydrogen-bond donors (Lipinski definition) is 2. The lowest BCUT2D eigenvalue weighted by Gasteiger charge is -2.30. The smallest absolute Gasteiger partial charge is 0.235 e. The van der Waals surface area contributed by atoms with Crippen LogP contribution in [0.15, 0.2) is 5.16 Å². The summed E-state index contributed by atoms with van der Waals surface area (Å²) in [6.45, 7) is 6.53. The van der Waals surface area contributed by atoms with Gasteiger partial charge in [0.1, 0.15) is 5.41 Å². The van der Waals surface area contributed by atoms with Crippen LogP contribution in [0.5, 0.6) is 0 Å². The van der Waals surface area contributed by atoms with Crippen molar-refractivity contribution in [3.05, 3.63) is 0 Å². The molecule has 1 amide bonds. The first-order chi connectivity index (χ1) is 7.86. The summed E-state index contributed by atoms with van der Waals surface area (Å²) in [5.74, 6) is 1.23. The van der Waals surface area contributed by atoms with Crippen molar-refractivity contribution in [2.24, 2.45) is 28.1 Å². The second-order valence-electron chi connectivity index (χ2n) is 5.33. The van der Waals surface area contributed by atoms with Gasteiger partial charge in [0.25, 0.3) is 0 Å². The average molecular weight is 241 g/mol. The van der Waals surface area contributed by atoms with Gasteiger partial charge in [-0.25, -0.2) is 0 Å². The Bertz CT molecular complexity index is 330. The van der Waals surface area contributed by atoms with E-state index < -0.39 is 5.41 Å². The Morgan fingerprint density at radius 3 is 2.53 bits per heavy atom. The molecule has 0 aromatic rings. The molecular weight excluding hydrogens is 218 g/mol.